The van der Waals surface area contributed by atoms with Crippen LogP contribution in [0.25, 0.3) is 0 Å². The molecule has 0 saturated carbocycles. The van der Waals surface area contributed by atoms with Crippen LogP contribution >= 0.6 is 0 Å². The SMILES string of the molecule is CC(C)O.CCCCC/C=C\C/C=C\CCCCCCCC(=O)OCCC. The van der Waals surface area contributed by atoms with Crippen molar-refractivity contribution in [2.45, 2.75) is 117 Å². The first-order valence-corrected chi connectivity index (χ1v) is 11.2. The number of unbranched alkanes of at least 4 members (excludes halogenated alkanes) is 8. The van der Waals surface area contributed by atoms with Crippen LogP contribution in [0.15, 0.2) is 24.3 Å². The van der Waals surface area contributed by atoms with Gasteiger partial charge in [-0.25, -0.2) is 0 Å². The Hall–Kier alpha value is -1.09. The Kier molecular flexibility index (Phi) is 25.9. The van der Waals surface area contributed by atoms with Crippen molar-refractivity contribution < 1.29 is 14.6 Å². The second kappa shape index (κ2) is 24.9. The average Bonchev–Trinajstić information content (AvgIpc) is 2.62. The van der Waals surface area contributed by atoms with E-state index in [4.69, 9.17) is 9.84 Å². The first kappa shape index (κ1) is 28.1. The number of rotatable bonds is 16. The van der Waals surface area contributed by atoms with Gasteiger partial charge in [-0.15, -0.1) is 0 Å². The van der Waals surface area contributed by atoms with Crippen molar-refractivity contribution in [3.63, 3.8) is 0 Å². The Labute approximate surface area is 169 Å². The van der Waals surface area contributed by atoms with Crippen LogP contribution in [-0.4, -0.2) is 23.8 Å². The predicted molar refractivity (Wildman–Crippen MR) is 118 cm³/mol. The molecule has 0 rings (SSSR count). The van der Waals surface area contributed by atoms with Gasteiger partial charge in [0.1, 0.15) is 0 Å². The number of allylic oxidation sites excluding steroid dienone is 4. The van der Waals surface area contributed by atoms with Crippen molar-refractivity contribution in [3.8, 4) is 0 Å². The molecule has 0 amide bonds. The van der Waals surface area contributed by atoms with Crippen LogP contribution in [0.2, 0.25) is 0 Å². The summed E-state index contributed by atoms with van der Waals surface area (Å²) in [7, 11) is 0. The molecule has 160 valence electrons. The van der Waals surface area contributed by atoms with E-state index in [1.807, 2.05) is 6.92 Å². The van der Waals surface area contributed by atoms with E-state index in [0.29, 0.717) is 13.0 Å². The van der Waals surface area contributed by atoms with Gasteiger partial charge < -0.3 is 9.84 Å². The lowest BCUT2D eigenvalue weighted by atomic mass is 10.1. The van der Waals surface area contributed by atoms with Gasteiger partial charge in [0.15, 0.2) is 0 Å². The highest BCUT2D eigenvalue weighted by atomic mass is 16.5. The monoisotopic (exact) mass is 382 g/mol. The molecule has 0 bridgehead atoms. The molecule has 0 spiro atoms. The van der Waals surface area contributed by atoms with Gasteiger partial charge in [0.05, 0.1) is 6.61 Å². The molecule has 0 aromatic heterocycles. The summed E-state index contributed by atoms with van der Waals surface area (Å²) >= 11 is 0. The maximum absolute atomic E-state index is 11.3. The summed E-state index contributed by atoms with van der Waals surface area (Å²) in [6.45, 7) is 8.28. The van der Waals surface area contributed by atoms with E-state index < -0.39 is 0 Å². The van der Waals surface area contributed by atoms with E-state index in [1.165, 1.54) is 51.4 Å². The number of aliphatic hydroxyl groups excluding tert-OH is 1. The molecule has 0 heterocycles. The van der Waals surface area contributed by atoms with Crippen LogP contribution in [0.4, 0.5) is 0 Å². The summed E-state index contributed by atoms with van der Waals surface area (Å²) in [6, 6.07) is 0. The van der Waals surface area contributed by atoms with Crippen molar-refractivity contribution in [1.82, 2.24) is 0 Å². The maximum Gasteiger partial charge on any atom is 0.305 e. The second-order valence-corrected chi connectivity index (χ2v) is 7.29. The van der Waals surface area contributed by atoms with E-state index in [2.05, 4.69) is 31.2 Å². The molecular weight excluding hydrogens is 336 g/mol. The third-order valence-electron chi connectivity index (χ3n) is 3.80. The molecular formula is C24H46O3. The molecule has 0 atom stereocenters. The van der Waals surface area contributed by atoms with Crippen LogP contribution in [-0.2, 0) is 9.53 Å². The second-order valence-electron chi connectivity index (χ2n) is 7.29. The number of carbonyl (C=O) groups excluding carboxylic acids is 1. The summed E-state index contributed by atoms with van der Waals surface area (Å²) in [5, 5.41) is 8.06. The highest BCUT2D eigenvalue weighted by Gasteiger charge is 2.00. The minimum atomic E-state index is -0.167. The van der Waals surface area contributed by atoms with Crippen LogP contribution in [0.1, 0.15) is 111 Å². The Morgan fingerprint density at radius 3 is 1.89 bits per heavy atom. The predicted octanol–water partition coefficient (Wildman–Crippen LogP) is 7.14. The molecule has 0 saturated heterocycles. The molecule has 0 aliphatic carbocycles. The van der Waals surface area contributed by atoms with Gasteiger partial charge in [-0.05, 0) is 58.8 Å². The number of esters is 1. The molecule has 0 aromatic rings. The maximum atomic E-state index is 11.3. The molecule has 0 aliphatic heterocycles. The Bertz CT molecular complexity index is 343. The van der Waals surface area contributed by atoms with Gasteiger partial charge in [-0.1, -0.05) is 70.3 Å². The van der Waals surface area contributed by atoms with E-state index in [9.17, 15) is 4.79 Å². The minimum Gasteiger partial charge on any atom is -0.466 e. The van der Waals surface area contributed by atoms with Crippen LogP contribution in [0.5, 0.6) is 0 Å². The molecule has 0 unspecified atom stereocenters. The zero-order valence-corrected chi connectivity index (χ0v) is 18.5. The van der Waals surface area contributed by atoms with E-state index >= 15 is 0 Å². The molecule has 0 aliphatic rings. The fourth-order valence-electron chi connectivity index (χ4n) is 2.37. The highest BCUT2D eigenvalue weighted by molar-refractivity contribution is 5.69. The third kappa shape index (κ3) is 33.0. The molecule has 27 heavy (non-hydrogen) atoms. The average molecular weight is 383 g/mol. The molecule has 3 nitrogen and oxygen atoms in total. The molecule has 3 heteroatoms. The van der Waals surface area contributed by atoms with E-state index in [0.717, 1.165) is 25.7 Å². The smallest absolute Gasteiger partial charge is 0.305 e. The lowest BCUT2D eigenvalue weighted by Gasteiger charge is -2.02. The number of hydrogen-bond donors (Lipinski definition) is 1. The summed E-state index contributed by atoms with van der Waals surface area (Å²) in [5.74, 6) is -0.0301. The van der Waals surface area contributed by atoms with Crippen molar-refractivity contribution in [2.24, 2.45) is 0 Å². The summed E-state index contributed by atoms with van der Waals surface area (Å²) < 4.78 is 5.06. The number of aliphatic hydroxyl groups is 1. The summed E-state index contributed by atoms with van der Waals surface area (Å²) in [6.07, 6.45) is 23.8. The Morgan fingerprint density at radius 2 is 1.33 bits per heavy atom. The lowest BCUT2D eigenvalue weighted by molar-refractivity contribution is -0.143. The van der Waals surface area contributed by atoms with E-state index in [1.54, 1.807) is 13.8 Å². The van der Waals surface area contributed by atoms with Crippen molar-refractivity contribution >= 4 is 5.97 Å². The number of ether oxygens (including phenoxy) is 1. The number of carbonyl (C=O) groups is 1. The van der Waals surface area contributed by atoms with E-state index in [-0.39, 0.29) is 12.1 Å². The zero-order valence-electron chi connectivity index (χ0n) is 18.5. The quantitative estimate of drug-likeness (QED) is 0.175. The first-order chi connectivity index (χ1) is 13.0. The van der Waals surface area contributed by atoms with Gasteiger partial charge in [0, 0.05) is 12.5 Å². The molecule has 0 radical (unpaired) electrons. The van der Waals surface area contributed by atoms with Crippen LogP contribution in [0, 0.1) is 0 Å². The van der Waals surface area contributed by atoms with Crippen molar-refractivity contribution in [3.05, 3.63) is 24.3 Å². The van der Waals surface area contributed by atoms with Crippen molar-refractivity contribution in [1.29, 1.82) is 0 Å². The van der Waals surface area contributed by atoms with Gasteiger partial charge in [-0.2, -0.15) is 0 Å². The molecule has 0 aromatic carbocycles. The Balaban J connectivity index is 0. The van der Waals surface area contributed by atoms with Crippen LogP contribution < -0.4 is 0 Å². The normalized spacial score (nSPS) is 11.2. The van der Waals surface area contributed by atoms with Crippen LogP contribution in [0.3, 0.4) is 0 Å². The fraction of sp³-hybridized carbons (Fsp3) is 0.792. The third-order valence-corrected chi connectivity index (χ3v) is 3.80. The highest BCUT2D eigenvalue weighted by Crippen LogP contribution is 2.08. The van der Waals surface area contributed by atoms with Gasteiger partial charge >= 0.3 is 5.97 Å². The summed E-state index contributed by atoms with van der Waals surface area (Å²) in [5.41, 5.74) is 0. The minimum absolute atomic E-state index is 0.0301. The Morgan fingerprint density at radius 1 is 0.815 bits per heavy atom. The van der Waals surface area contributed by atoms with Gasteiger partial charge in [-0.3, -0.25) is 4.79 Å². The first-order valence-electron chi connectivity index (χ1n) is 11.2. The molecule has 0 fully saturated rings. The van der Waals surface area contributed by atoms with Gasteiger partial charge in [0.25, 0.3) is 0 Å². The fourth-order valence-corrected chi connectivity index (χ4v) is 2.37. The largest absolute Gasteiger partial charge is 0.466 e. The topological polar surface area (TPSA) is 46.5 Å². The van der Waals surface area contributed by atoms with Crippen molar-refractivity contribution in [2.75, 3.05) is 6.61 Å². The zero-order chi connectivity index (χ0) is 20.6. The number of hydrogen-bond acceptors (Lipinski definition) is 3. The summed E-state index contributed by atoms with van der Waals surface area (Å²) in [4.78, 5) is 11.3. The lowest BCUT2D eigenvalue weighted by Crippen LogP contribution is -2.04. The van der Waals surface area contributed by atoms with Gasteiger partial charge in [0.2, 0.25) is 0 Å². The molecule has 1 N–H and O–H groups in total. The standard InChI is InChI=1S/C21H38O2.C3H8O/c1-3-5-6-7-8-9-10-11-12-13-14-15-16-17-18-19-21(22)23-20-4-2;1-3(2)4/h8-9,11-12H,3-7,10,13-20H2,1-2H3;3-4H,1-2H3/b9-8-,12-11-;.